The second kappa shape index (κ2) is 5.37. The molecule has 1 aliphatic rings. The van der Waals surface area contributed by atoms with Crippen LogP contribution in [0.15, 0.2) is 36.4 Å². The van der Waals surface area contributed by atoms with Gasteiger partial charge in [-0.2, -0.15) is 0 Å². The number of fused-ring (bicyclic) bond motifs is 1. The highest BCUT2D eigenvalue weighted by Crippen LogP contribution is 2.31. The molecule has 2 aromatic carbocycles. The molecule has 1 amide bonds. The first-order chi connectivity index (χ1) is 10.0. The Morgan fingerprint density at radius 1 is 1.19 bits per heavy atom. The highest BCUT2D eigenvalue weighted by atomic mass is 35.5. The van der Waals surface area contributed by atoms with Crippen LogP contribution in [0.1, 0.15) is 17.5 Å². The molecule has 108 valence electrons. The maximum Gasteiger partial charge on any atom is 0.227 e. The van der Waals surface area contributed by atoms with Gasteiger partial charge in [-0.3, -0.25) is 4.79 Å². The van der Waals surface area contributed by atoms with Crippen molar-refractivity contribution >= 4 is 28.9 Å². The maximum atomic E-state index is 13.3. The van der Waals surface area contributed by atoms with Gasteiger partial charge in [-0.05, 0) is 47.9 Å². The Labute approximate surface area is 127 Å². The van der Waals surface area contributed by atoms with Gasteiger partial charge in [0.15, 0.2) is 0 Å². The van der Waals surface area contributed by atoms with Crippen molar-refractivity contribution in [1.29, 1.82) is 0 Å². The summed E-state index contributed by atoms with van der Waals surface area (Å²) < 4.78 is 13.3. The second-order valence-electron chi connectivity index (χ2n) is 5.10. The number of hydrogen-bond donors (Lipinski definition) is 1. The number of rotatable bonds is 2. The minimum atomic E-state index is -0.283. The third-order valence-corrected chi connectivity index (χ3v) is 3.91. The van der Waals surface area contributed by atoms with Gasteiger partial charge in [0.1, 0.15) is 5.82 Å². The zero-order chi connectivity index (χ0) is 15.0. The van der Waals surface area contributed by atoms with Gasteiger partial charge in [-0.1, -0.05) is 17.7 Å². The standard InChI is InChI=1S/C16H14ClFN2O/c17-12-3-1-11(14(19)8-12)9-20-15-5-4-13(18)7-10(15)2-6-16(20)21/h1,3-5,7-8H,2,6,9,19H2. The number of nitrogen functional groups attached to an aromatic ring is 1. The number of nitrogens with two attached hydrogens (primary N) is 1. The summed E-state index contributed by atoms with van der Waals surface area (Å²) in [6, 6.07) is 9.72. The normalized spacial score (nSPS) is 14.2. The van der Waals surface area contributed by atoms with E-state index in [1.54, 1.807) is 23.1 Å². The molecule has 0 saturated heterocycles. The summed E-state index contributed by atoms with van der Waals surface area (Å²) in [5, 5.41) is 0.559. The number of benzene rings is 2. The van der Waals surface area contributed by atoms with Crippen molar-refractivity contribution in [3.8, 4) is 0 Å². The van der Waals surface area contributed by atoms with Crippen molar-refractivity contribution in [2.24, 2.45) is 0 Å². The van der Waals surface area contributed by atoms with E-state index in [0.29, 0.717) is 30.1 Å². The first kappa shape index (κ1) is 13.9. The quantitative estimate of drug-likeness (QED) is 0.863. The van der Waals surface area contributed by atoms with Gasteiger partial charge in [0.2, 0.25) is 5.91 Å². The Morgan fingerprint density at radius 2 is 2.00 bits per heavy atom. The van der Waals surface area contributed by atoms with Crippen LogP contribution in [0.3, 0.4) is 0 Å². The van der Waals surface area contributed by atoms with Crippen LogP contribution in [-0.4, -0.2) is 5.91 Å². The van der Waals surface area contributed by atoms with Crippen molar-refractivity contribution in [2.75, 3.05) is 10.6 Å². The SMILES string of the molecule is Nc1cc(Cl)ccc1CN1C(=O)CCc2cc(F)ccc21. The number of amides is 1. The molecule has 0 spiro atoms. The molecular weight excluding hydrogens is 291 g/mol. The number of carbonyl (C=O) groups is 1. The molecule has 2 N–H and O–H groups in total. The molecule has 1 aliphatic heterocycles. The van der Waals surface area contributed by atoms with Crippen LogP contribution < -0.4 is 10.6 Å². The highest BCUT2D eigenvalue weighted by Gasteiger charge is 2.25. The summed E-state index contributed by atoms with van der Waals surface area (Å²) in [6.45, 7) is 0.362. The molecule has 3 nitrogen and oxygen atoms in total. The molecule has 0 radical (unpaired) electrons. The largest absolute Gasteiger partial charge is 0.398 e. The lowest BCUT2D eigenvalue weighted by molar-refractivity contribution is -0.119. The Balaban J connectivity index is 1.96. The number of carbonyl (C=O) groups excluding carboxylic acids is 1. The van der Waals surface area contributed by atoms with Crippen molar-refractivity contribution in [2.45, 2.75) is 19.4 Å². The van der Waals surface area contributed by atoms with Crippen molar-refractivity contribution < 1.29 is 9.18 Å². The number of anilines is 2. The van der Waals surface area contributed by atoms with E-state index in [2.05, 4.69) is 0 Å². The summed E-state index contributed by atoms with van der Waals surface area (Å²) in [5.74, 6) is -0.266. The van der Waals surface area contributed by atoms with E-state index in [4.69, 9.17) is 17.3 Å². The van der Waals surface area contributed by atoms with Crippen molar-refractivity contribution in [3.05, 3.63) is 58.4 Å². The second-order valence-corrected chi connectivity index (χ2v) is 5.53. The summed E-state index contributed by atoms with van der Waals surface area (Å²) in [5.41, 5.74) is 8.92. The Hall–Kier alpha value is -2.07. The number of hydrogen-bond acceptors (Lipinski definition) is 2. The molecule has 1 heterocycles. The molecule has 2 aromatic rings. The monoisotopic (exact) mass is 304 g/mol. The molecule has 0 aliphatic carbocycles. The fourth-order valence-corrected chi connectivity index (χ4v) is 2.76. The number of nitrogens with zero attached hydrogens (tertiary/aromatic N) is 1. The molecule has 5 heteroatoms. The van der Waals surface area contributed by atoms with E-state index < -0.39 is 0 Å². The lowest BCUT2D eigenvalue weighted by Crippen LogP contribution is -2.34. The third kappa shape index (κ3) is 2.72. The van der Waals surface area contributed by atoms with Gasteiger partial charge in [0.25, 0.3) is 0 Å². The van der Waals surface area contributed by atoms with Gasteiger partial charge in [0.05, 0.1) is 6.54 Å². The molecule has 0 saturated carbocycles. The smallest absolute Gasteiger partial charge is 0.227 e. The summed E-state index contributed by atoms with van der Waals surface area (Å²) in [4.78, 5) is 13.8. The molecule has 0 bridgehead atoms. The topological polar surface area (TPSA) is 46.3 Å². The molecule has 21 heavy (non-hydrogen) atoms. The van der Waals surface area contributed by atoms with Crippen LogP contribution in [0.25, 0.3) is 0 Å². The van der Waals surface area contributed by atoms with Gasteiger partial charge in [-0.25, -0.2) is 4.39 Å². The fraction of sp³-hybridized carbons (Fsp3) is 0.188. The predicted octanol–water partition coefficient (Wildman–Crippen LogP) is 3.54. The van der Waals surface area contributed by atoms with E-state index in [1.807, 2.05) is 6.07 Å². The summed E-state index contributed by atoms with van der Waals surface area (Å²) >= 11 is 5.88. The van der Waals surface area contributed by atoms with E-state index in [9.17, 15) is 9.18 Å². The van der Waals surface area contributed by atoms with Crippen LogP contribution >= 0.6 is 11.6 Å². The molecule has 0 fully saturated rings. The van der Waals surface area contributed by atoms with Gasteiger partial charge in [-0.15, -0.1) is 0 Å². The average molecular weight is 305 g/mol. The van der Waals surface area contributed by atoms with Crippen LogP contribution in [-0.2, 0) is 17.8 Å². The maximum absolute atomic E-state index is 13.3. The highest BCUT2D eigenvalue weighted by molar-refractivity contribution is 6.30. The average Bonchev–Trinajstić information content (AvgIpc) is 2.44. The van der Waals surface area contributed by atoms with E-state index in [1.165, 1.54) is 12.1 Å². The minimum absolute atomic E-state index is 0.0171. The Morgan fingerprint density at radius 3 is 2.76 bits per heavy atom. The van der Waals surface area contributed by atoms with Crippen LogP contribution in [0.4, 0.5) is 15.8 Å². The minimum Gasteiger partial charge on any atom is -0.398 e. The van der Waals surface area contributed by atoms with E-state index in [-0.39, 0.29) is 11.7 Å². The molecular formula is C16H14ClFN2O. The fourth-order valence-electron chi connectivity index (χ4n) is 2.58. The zero-order valence-electron chi connectivity index (χ0n) is 11.3. The predicted molar refractivity (Wildman–Crippen MR) is 81.8 cm³/mol. The first-order valence-corrected chi connectivity index (χ1v) is 7.05. The first-order valence-electron chi connectivity index (χ1n) is 6.67. The number of aryl methyl sites for hydroxylation is 1. The summed E-state index contributed by atoms with van der Waals surface area (Å²) in [6.07, 6.45) is 0.947. The third-order valence-electron chi connectivity index (χ3n) is 3.68. The molecule has 0 unspecified atom stereocenters. The van der Waals surface area contributed by atoms with Gasteiger partial charge < -0.3 is 10.6 Å². The molecule has 0 atom stereocenters. The number of halogens is 2. The van der Waals surface area contributed by atoms with Gasteiger partial charge >= 0.3 is 0 Å². The molecule has 3 rings (SSSR count). The summed E-state index contributed by atoms with van der Waals surface area (Å²) in [7, 11) is 0. The lowest BCUT2D eigenvalue weighted by atomic mass is 10.00. The Bertz CT molecular complexity index is 717. The lowest BCUT2D eigenvalue weighted by Gasteiger charge is -2.30. The van der Waals surface area contributed by atoms with Gasteiger partial charge in [0, 0.05) is 22.8 Å². The van der Waals surface area contributed by atoms with Crippen LogP contribution in [0.5, 0.6) is 0 Å². The van der Waals surface area contributed by atoms with E-state index in [0.717, 1.165) is 16.8 Å². The van der Waals surface area contributed by atoms with Crippen LogP contribution in [0, 0.1) is 5.82 Å². The van der Waals surface area contributed by atoms with Crippen LogP contribution in [0.2, 0.25) is 5.02 Å². The van der Waals surface area contributed by atoms with E-state index >= 15 is 0 Å². The zero-order valence-corrected chi connectivity index (χ0v) is 12.0. The van der Waals surface area contributed by atoms with Crippen molar-refractivity contribution in [1.82, 2.24) is 0 Å². The molecule has 0 aromatic heterocycles. The van der Waals surface area contributed by atoms with Crippen molar-refractivity contribution in [3.63, 3.8) is 0 Å². The Kier molecular flexibility index (Phi) is 3.55.